The third-order valence-electron chi connectivity index (χ3n) is 4.95. The van der Waals surface area contributed by atoms with Crippen LogP contribution in [0.2, 0.25) is 0 Å². The fourth-order valence-electron chi connectivity index (χ4n) is 3.58. The van der Waals surface area contributed by atoms with Crippen molar-refractivity contribution >= 4 is 26.7 Å². The molecule has 2 aromatic carbocycles. The zero-order chi connectivity index (χ0) is 18.6. The van der Waals surface area contributed by atoms with E-state index < -0.39 is 10.0 Å². The summed E-state index contributed by atoms with van der Waals surface area (Å²) in [6.45, 7) is 2.20. The van der Waals surface area contributed by atoms with E-state index >= 15 is 0 Å². The Morgan fingerprint density at radius 3 is 2.56 bits per heavy atom. The number of anilines is 1. The first kappa shape index (κ1) is 16.1. The van der Waals surface area contributed by atoms with Gasteiger partial charge in [0.2, 0.25) is 0 Å². The lowest BCUT2D eigenvalue weighted by Gasteiger charge is -2.31. The van der Waals surface area contributed by atoms with Gasteiger partial charge in [-0.05, 0) is 37.3 Å². The largest absolute Gasteiger partial charge is 0.279 e. The maximum atomic E-state index is 13.4. The smallest absolute Gasteiger partial charge is 0.265 e. The van der Waals surface area contributed by atoms with Crippen LogP contribution >= 0.6 is 0 Å². The number of fused-ring (bicyclic) bond motifs is 5. The summed E-state index contributed by atoms with van der Waals surface area (Å²) in [6.07, 6.45) is 1.74. The van der Waals surface area contributed by atoms with Gasteiger partial charge in [-0.25, -0.2) is 17.7 Å². The molecule has 5 rings (SSSR count). The fraction of sp³-hybridized carbons (Fsp3) is 0.0952. The van der Waals surface area contributed by atoms with Crippen LogP contribution in [0.5, 0.6) is 0 Å². The number of hydrogen-bond acceptors (Lipinski definition) is 3. The molecule has 0 atom stereocenters. The Morgan fingerprint density at radius 2 is 1.74 bits per heavy atom. The molecule has 0 saturated heterocycles. The molecule has 0 bridgehead atoms. The van der Waals surface area contributed by atoms with Gasteiger partial charge >= 0.3 is 0 Å². The van der Waals surface area contributed by atoms with E-state index in [2.05, 4.69) is 4.98 Å². The molecule has 4 aromatic rings. The van der Waals surface area contributed by atoms with Crippen molar-refractivity contribution in [3.05, 3.63) is 84.1 Å². The fourth-order valence-corrected chi connectivity index (χ4v) is 5.01. The molecule has 0 fully saturated rings. The Labute approximate surface area is 157 Å². The van der Waals surface area contributed by atoms with Crippen LogP contribution in [0.1, 0.15) is 11.1 Å². The number of pyridine rings is 1. The SMILES string of the molecule is Cc1ccc(S(=O)(=O)N2Cc3cccnc3-n3c2cc2ccccc23)cc1. The highest BCUT2D eigenvalue weighted by molar-refractivity contribution is 7.92. The first-order chi connectivity index (χ1) is 13.1. The Hall–Kier alpha value is -3.12. The number of nitrogens with zero attached hydrogens (tertiary/aromatic N) is 3. The topological polar surface area (TPSA) is 55.2 Å². The summed E-state index contributed by atoms with van der Waals surface area (Å²) < 4.78 is 30.3. The van der Waals surface area contributed by atoms with Gasteiger partial charge in [0.15, 0.2) is 0 Å². The second kappa shape index (κ2) is 5.69. The Kier molecular flexibility index (Phi) is 3.39. The van der Waals surface area contributed by atoms with Crippen LogP contribution in [0.15, 0.2) is 77.8 Å². The minimum absolute atomic E-state index is 0.260. The summed E-state index contributed by atoms with van der Waals surface area (Å²) in [5, 5.41) is 0.982. The van der Waals surface area contributed by atoms with Gasteiger partial charge in [0, 0.05) is 17.1 Å². The monoisotopic (exact) mass is 375 g/mol. The highest BCUT2D eigenvalue weighted by Crippen LogP contribution is 2.38. The minimum atomic E-state index is -3.70. The van der Waals surface area contributed by atoms with Gasteiger partial charge in [0.05, 0.1) is 17.0 Å². The van der Waals surface area contributed by atoms with Crippen LogP contribution in [0.25, 0.3) is 16.7 Å². The lowest BCUT2D eigenvalue weighted by molar-refractivity contribution is 0.588. The summed E-state index contributed by atoms with van der Waals surface area (Å²) in [5.41, 5.74) is 2.84. The van der Waals surface area contributed by atoms with E-state index in [1.807, 2.05) is 66.1 Å². The van der Waals surface area contributed by atoms with Crippen molar-refractivity contribution in [1.82, 2.24) is 9.55 Å². The molecule has 1 aliphatic rings. The molecule has 0 radical (unpaired) electrons. The number of aryl methyl sites for hydroxylation is 1. The first-order valence-electron chi connectivity index (χ1n) is 8.70. The quantitative estimate of drug-likeness (QED) is 0.531. The summed E-state index contributed by atoms with van der Waals surface area (Å²) in [4.78, 5) is 4.81. The molecule has 0 spiro atoms. The van der Waals surface area contributed by atoms with E-state index in [0.29, 0.717) is 5.82 Å². The lowest BCUT2D eigenvalue weighted by atomic mass is 10.2. The van der Waals surface area contributed by atoms with Crippen molar-refractivity contribution in [3.63, 3.8) is 0 Å². The molecule has 6 heteroatoms. The number of benzene rings is 2. The summed E-state index contributed by atoms with van der Waals surface area (Å²) in [7, 11) is -3.70. The van der Waals surface area contributed by atoms with E-state index in [-0.39, 0.29) is 11.4 Å². The van der Waals surface area contributed by atoms with Crippen molar-refractivity contribution in [2.24, 2.45) is 0 Å². The molecule has 0 unspecified atom stereocenters. The number of aromatic nitrogens is 2. The summed E-state index contributed by atoms with van der Waals surface area (Å²) in [6, 6.07) is 20.5. The van der Waals surface area contributed by atoms with Crippen molar-refractivity contribution in [1.29, 1.82) is 0 Å². The molecule has 3 heterocycles. The van der Waals surface area contributed by atoms with Gasteiger partial charge in [-0.2, -0.15) is 0 Å². The van der Waals surface area contributed by atoms with Crippen LogP contribution in [0.4, 0.5) is 5.82 Å². The molecule has 1 aliphatic heterocycles. The van der Waals surface area contributed by atoms with E-state index in [0.717, 1.165) is 27.8 Å². The zero-order valence-electron chi connectivity index (χ0n) is 14.7. The molecule has 0 aliphatic carbocycles. The third kappa shape index (κ3) is 2.37. The van der Waals surface area contributed by atoms with Crippen LogP contribution < -0.4 is 4.31 Å². The number of rotatable bonds is 2. The van der Waals surface area contributed by atoms with Gasteiger partial charge in [-0.1, -0.05) is 42.0 Å². The molecule has 0 saturated carbocycles. The third-order valence-corrected chi connectivity index (χ3v) is 6.71. The molecule has 134 valence electrons. The van der Waals surface area contributed by atoms with Crippen LogP contribution in [-0.4, -0.2) is 18.0 Å². The standard InChI is InChI=1S/C21H17N3O2S/c1-15-8-10-18(11-9-15)27(25,26)23-14-17-6-4-12-22-21(17)24-19-7-3-2-5-16(19)13-20(23)24/h2-13H,14H2,1H3. The van der Waals surface area contributed by atoms with Gasteiger partial charge in [0.1, 0.15) is 11.6 Å². The van der Waals surface area contributed by atoms with Crippen molar-refractivity contribution < 1.29 is 8.42 Å². The maximum absolute atomic E-state index is 13.4. The van der Waals surface area contributed by atoms with Gasteiger partial charge < -0.3 is 0 Å². The molecule has 27 heavy (non-hydrogen) atoms. The highest BCUT2D eigenvalue weighted by atomic mass is 32.2. The molecule has 5 nitrogen and oxygen atoms in total. The maximum Gasteiger partial charge on any atom is 0.265 e. The predicted octanol–water partition coefficient (Wildman–Crippen LogP) is 4.04. The average Bonchev–Trinajstić information content (AvgIpc) is 3.07. The van der Waals surface area contributed by atoms with Crippen LogP contribution in [0.3, 0.4) is 0 Å². The molecular formula is C21H17N3O2S. The summed E-state index contributed by atoms with van der Waals surface area (Å²) in [5.74, 6) is 1.40. The zero-order valence-corrected chi connectivity index (χ0v) is 15.5. The normalized spacial score (nSPS) is 13.4. The van der Waals surface area contributed by atoms with Crippen molar-refractivity contribution in [3.8, 4) is 5.82 Å². The van der Waals surface area contributed by atoms with Crippen LogP contribution in [0, 0.1) is 6.92 Å². The molecular weight excluding hydrogens is 358 g/mol. The van der Waals surface area contributed by atoms with Crippen LogP contribution in [-0.2, 0) is 16.6 Å². The number of hydrogen-bond donors (Lipinski definition) is 0. The Morgan fingerprint density at radius 1 is 0.963 bits per heavy atom. The Balaban J connectivity index is 1.78. The van der Waals surface area contributed by atoms with Gasteiger partial charge in [-0.15, -0.1) is 0 Å². The summed E-state index contributed by atoms with van der Waals surface area (Å²) >= 11 is 0. The van der Waals surface area contributed by atoms with E-state index in [1.165, 1.54) is 4.31 Å². The van der Waals surface area contributed by atoms with Crippen molar-refractivity contribution in [2.45, 2.75) is 18.4 Å². The number of sulfonamides is 1. The van der Waals surface area contributed by atoms with Crippen molar-refractivity contribution in [2.75, 3.05) is 4.31 Å². The van der Waals surface area contributed by atoms with E-state index in [9.17, 15) is 8.42 Å². The molecule has 0 amide bonds. The van der Waals surface area contributed by atoms with E-state index in [4.69, 9.17) is 0 Å². The second-order valence-electron chi connectivity index (χ2n) is 6.71. The molecule has 0 N–H and O–H groups in total. The minimum Gasteiger partial charge on any atom is -0.279 e. The lowest BCUT2D eigenvalue weighted by Crippen LogP contribution is -2.35. The molecule has 2 aromatic heterocycles. The van der Waals surface area contributed by atoms with E-state index in [1.54, 1.807) is 18.3 Å². The number of para-hydroxylation sites is 1. The van der Waals surface area contributed by atoms with Gasteiger partial charge in [-0.3, -0.25) is 4.57 Å². The second-order valence-corrected chi connectivity index (χ2v) is 8.57. The highest BCUT2D eigenvalue weighted by Gasteiger charge is 2.33. The van der Waals surface area contributed by atoms with Gasteiger partial charge in [0.25, 0.3) is 10.0 Å². The predicted molar refractivity (Wildman–Crippen MR) is 106 cm³/mol. The average molecular weight is 375 g/mol. The first-order valence-corrected chi connectivity index (χ1v) is 10.1. The Bertz CT molecular complexity index is 1270.